The number of aliphatic imine (C=N–C) groups is 1. The van der Waals surface area contributed by atoms with E-state index in [1.54, 1.807) is 55.5 Å². The first-order valence-electron chi connectivity index (χ1n) is 13.1. The molecule has 0 amide bonds. The van der Waals surface area contributed by atoms with Crippen LogP contribution in [-0.4, -0.2) is 65.0 Å². The van der Waals surface area contributed by atoms with Gasteiger partial charge >= 0.3 is 0 Å². The molecule has 2 heterocycles. The second-order valence-corrected chi connectivity index (χ2v) is 7.65. The van der Waals surface area contributed by atoms with Gasteiger partial charge in [0.1, 0.15) is 18.8 Å². The molecule has 0 bridgehead atoms. The Labute approximate surface area is 251 Å². The molecule has 10 nitrogen and oxygen atoms in total. The van der Waals surface area contributed by atoms with Crippen LogP contribution >= 0.6 is 0 Å². The minimum atomic E-state index is 0.153. The van der Waals surface area contributed by atoms with E-state index >= 15 is 0 Å². The zero-order valence-electron chi connectivity index (χ0n) is 25.8. The van der Waals surface area contributed by atoms with E-state index in [9.17, 15) is 0 Å². The van der Waals surface area contributed by atoms with Crippen molar-refractivity contribution in [2.24, 2.45) is 4.99 Å². The van der Waals surface area contributed by atoms with Crippen molar-refractivity contribution in [3.63, 3.8) is 0 Å². The van der Waals surface area contributed by atoms with E-state index in [-0.39, 0.29) is 18.7 Å². The number of nitrogen functional groups attached to an aromatic ring is 1. The van der Waals surface area contributed by atoms with Crippen molar-refractivity contribution in [1.82, 2.24) is 24.7 Å². The maximum Gasteiger partial charge on any atom is 0.240 e. The fraction of sp³-hybridized carbons (Fsp3) is 0.281. The van der Waals surface area contributed by atoms with Crippen LogP contribution in [0.25, 0.3) is 5.82 Å². The lowest BCUT2D eigenvalue weighted by molar-refractivity contribution is 0.156. The first-order valence-corrected chi connectivity index (χ1v) is 13.1. The number of hydrogen-bond acceptors (Lipinski definition) is 9. The van der Waals surface area contributed by atoms with Crippen LogP contribution in [-0.2, 0) is 15.9 Å². The molecule has 0 aliphatic heterocycles. The minimum absolute atomic E-state index is 0.153. The van der Waals surface area contributed by atoms with E-state index in [1.807, 2.05) is 32.9 Å². The Hall–Kier alpha value is -4.67. The Bertz CT molecular complexity index is 1200. The highest BCUT2D eigenvalue weighted by atomic mass is 16.5. The molecule has 2 N–H and O–H groups in total. The maximum absolute atomic E-state index is 5.78. The minimum Gasteiger partial charge on any atom is -0.473 e. The van der Waals surface area contributed by atoms with E-state index in [4.69, 9.17) is 19.9 Å². The lowest BCUT2D eigenvalue weighted by Crippen LogP contribution is -2.07. The van der Waals surface area contributed by atoms with Crippen LogP contribution in [0.15, 0.2) is 116 Å². The van der Waals surface area contributed by atoms with Crippen molar-refractivity contribution in [2.45, 2.75) is 33.3 Å². The number of rotatable bonds is 15. The van der Waals surface area contributed by atoms with Gasteiger partial charge < -0.3 is 19.9 Å². The average Bonchev–Trinajstić information content (AvgIpc) is 3.41. The van der Waals surface area contributed by atoms with Gasteiger partial charge in [-0.25, -0.2) is 9.97 Å². The molecule has 0 saturated heterocycles. The third-order valence-electron chi connectivity index (χ3n) is 4.69. The van der Waals surface area contributed by atoms with Gasteiger partial charge in [0.25, 0.3) is 0 Å². The van der Waals surface area contributed by atoms with Crippen molar-refractivity contribution in [1.29, 1.82) is 0 Å². The Morgan fingerprint density at radius 2 is 1.74 bits per heavy atom. The molecule has 2 aromatic heterocycles. The molecular weight excluding hydrogens is 530 g/mol. The van der Waals surface area contributed by atoms with Gasteiger partial charge in [0.2, 0.25) is 11.8 Å². The van der Waals surface area contributed by atoms with Crippen LogP contribution < -0.4 is 10.5 Å². The number of ether oxygens (including phenoxy) is 3. The van der Waals surface area contributed by atoms with Gasteiger partial charge in [-0.15, -0.1) is 24.8 Å². The van der Waals surface area contributed by atoms with E-state index < -0.39 is 0 Å². The van der Waals surface area contributed by atoms with Crippen LogP contribution in [0.3, 0.4) is 0 Å². The van der Waals surface area contributed by atoms with E-state index in [0.29, 0.717) is 30.5 Å². The molecule has 228 valence electrons. The van der Waals surface area contributed by atoms with Gasteiger partial charge in [-0.3, -0.25) is 4.99 Å². The lowest BCUT2D eigenvalue weighted by Gasteiger charge is -2.08. The summed E-state index contributed by atoms with van der Waals surface area (Å²) >= 11 is 0. The molecule has 2 rings (SSSR count). The van der Waals surface area contributed by atoms with Crippen LogP contribution in [0.2, 0.25) is 0 Å². The normalized spacial score (nSPS) is 10.9. The highest BCUT2D eigenvalue weighted by molar-refractivity contribution is 5.44. The predicted octanol–water partition coefficient (Wildman–Crippen LogP) is 6.24. The smallest absolute Gasteiger partial charge is 0.240 e. The van der Waals surface area contributed by atoms with E-state index in [2.05, 4.69) is 71.2 Å². The fourth-order valence-electron chi connectivity index (χ4n) is 2.44. The highest BCUT2D eigenvalue weighted by Gasteiger charge is 2.11. The molecule has 0 radical (unpaired) electrons. The van der Waals surface area contributed by atoms with Crippen molar-refractivity contribution in [3.8, 4) is 11.7 Å². The van der Waals surface area contributed by atoms with Crippen LogP contribution in [0.1, 0.15) is 26.6 Å². The van der Waals surface area contributed by atoms with Crippen molar-refractivity contribution in [2.75, 3.05) is 33.2 Å². The number of aromatic nitrogens is 5. The van der Waals surface area contributed by atoms with Gasteiger partial charge in [-0.1, -0.05) is 64.0 Å². The van der Waals surface area contributed by atoms with Gasteiger partial charge in [-0.05, 0) is 36.4 Å². The molecule has 1 atom stereocenters. The summed E-state index contributed by atoms with van der Waals surface area (Å²) in [5, 5.41) is 4.21. The Morgan fingerprint density at radius 1 is 1.07 bits per heavy atom. The first-order chi connectivity index (χ1) is 20.2. The van der Waals surface area contributed by atoms with Gasteiger partial charge in [0.15, 0.2) is 5.82 Å². The number of allylic oxidation sites excluding steroid dienone is 5. The quantitative estimate of drug-likeness (QED) is 0.150. The van der Waals surface area contributed by atoms with Crippen molar-refractivity contribution >= 4 is 12.7 Å². The zero-order chi connectivity index (χ0) is 32.3. The van der Waals surface area contributed by atoms with E-state index in [1.165, 1.54) is 6.33 Å². The molecule has 0 aliphatic carbocycles. The lowest BCUT2D eigenvalue weighted by atomic mass is 10.1. The molecule has 0 aromatic carbocycles. The number of methoxy groups -OCH3 is 2. The summed E-state index contributed by atoms with van der Waals surface area (Å²) < 4.78 is 17.1. The summed E-state index contributed by atoms with van der Waals surface area (Å²) in [6.07, 6.45) is 14.5. The second-order valence-electron chi connectivity index (χ2n) is 7.65. The highest BCUT2D eigenvalue weighted by Crippen LogP contribution is 2.15. The monoisotopic (exact) mass is 577 g/mol. The molecule has 2 aromatic rings. The number of hydrogen-bond donors (Lipinski definition) is 1. The first kappa shape index (κ1) is 39.5. The van der Waals surface area contributed by atoms with E-state index in [0.717, 1.165) is 16.7 Å². The third kappa shape index (κ3) is 17.1. The molecule has 0 saturated carbocycles. The average molecular weight is 578 g/mol. The molecule has 0 aliphatic rings. The topological polar surface area (TPSA) is 123 Å². The Kier molecular flexibility index (Phi) is 23.8. The molecule has 0 spiro atoms. The van der Waals surface area contributed by atoms with Crippen LogP contribution in [0.5, 0.6) is 5.88 Å². The van der Waals surface area contributed by atoms with Crippen molar-refractivity contribution < 1.29 is 14.2 Å². The summed E-state index contributed by atoms with van der Waals surface area (Å²) in [7, 11) is 3.29. The maximum atomic E-state index is 5.78. The third-order valence-corrected chi connectivity index (χ3v) is 4.69. The molecule has 0 fully saturated rings. The number of anilines is 1. The summed E-state index contributed by atoms with van der Waals surface area (Å²) in [4.78, 5) is 16.3. The van der Waals surface area contributed by atoms with Gasteiger partial charge in [0.05, 0.1) is 12.7 Å². The Balaban J connectivity index is 0. The molecular formula is C32H47N7O3. The molecule has 42 heavy (non-hydrogen) atoms. The van der Waals surface area contributed by atoms with Crippen LogP contribution in [0, 0.1) is 0 Å². The summed E-state index contributed by atoms with van der Waals surface area (Å²) in [6.45, 7) is 31.4. The van der Waals surface area contributed by atoms with Crippen LogP contribution in [0.4, 0.5) is 5.95 Å². The fourth-order valence-corrected chi connectivity index (χ4v) is 2.44. The number of nitrogens with zero attached hydrogens (tertiary/aromatic N) is 6. The number of nitrogens with two attached hydrogens (primary N) is 1. The largest absolute Gasteiger partial charge is 0.473 e. The summed E-state index contributed by atoms with van der Waals surface area (Å²) in [6, 6.07) is 1.65. The van der Waals surface area contributed by atoms with Gasteiger partial charge in [-0.2, -0.15) is 9.67 Å². The van der Waals surface area contributed by atoms with Crippen molar-refractivity contribution in [3.05, 3.63) is 117 Å². The second kappa shape index (κ2) is 25.3. The molecule has 1 unspecified atom stereocenters. The summed E-state index contributed by atoms with van der Waals surface area (Å²) in [5.41, 5.74) is 7.95. The zero-order valence-corrected chi connectivity index (χ0v) is 25.8. The Morgan fingerprint density at radius 3 is 2.31 bits per heavy atom. The SMILES string of the molecule is C=C.C=CC(C)OC.C=N/C=C\C(=C)C(=C)/C=C\C(=C)COc1cc(-n2nc(N)nc2C/C=C/COC)ncn1.CC. The standard InChI is InChI=1S/C23H27N7O2.C5H10O.C2H6.C2H4/c1-17(9-10-18(2)19(3)11-12-25-4)15-32-22-14-21(26-16-27-22)30-20(28-23(24)29-30)8-6-7-13-31-5;1-4-5(2)6-3;2*1-2/h6-7,9-12,14,16H,1-4,8,13,15H2,5H3,(H2,24,29);4-5H,1H2,2-3H3;1-2H3;1-2H2/b7-6+,10-9-,12-11-;;;. The van der Waals surface area contributed by atoms with Gasteiger partial charge in [0, 0.05) is 32.9 Å². The summed E-state index contributed by atoms with van der Waals surface area (Å²) in [5.74, 6) is 1.64. The molecule has 10 heteroatoms. The predicted molar refractivity (Wildman–Crippen MR) is 176 cm³/mol.